The second-order valence-electron chi connectivity index (χ2n) is 8.79. The molecule has 0 N–H and O–H groups in total. The third-order valence-corrected chi connectivity index (χ3v) is 6.22. The lowest BCUT2D eigenvalue weighted by molar-refractivity contribution is 0.236. The van der Waals surface area contributed by atoms with Gasteiger partial charge in [0.15, 0.2) is 23.1 Å². The maximum atomic E-state index is 14.7. The van der Waals surface area contributed by atoms with Crippen LogP contribution in [0.15, 0.2) is 67.3 Å². The van der Waals surface area contributed by atoms with Gasteiger partial charge >= 0.3 is 0 Å². The smallest absolute Gasteiger partial charge is 0.201 e. The maximum absolute atomic E-state index is 14.7. The number of benzene rings is 3. The molecule has 2 atom stereocenters. The first-order valence-electron chi connectivity index (χ1n) is 12.1. The molecule has 186 valence electrons. The van der Waals surface area contributed by atoms with Crippen molar-refractivity contribution in [1.29, 1.82) is 0 Å². The molecule has 2 unspecified atom stereocenters. The summed E-state index contributed by atoms with van der Waals surface area (Å²) in [5.74, 6) is -1.48. The van der Waals surface area contributed by atoms with Crippen LogP contribution in [0.2, 0.25) is 0 Å². The zero-order chi connectivity index (χ0) is 25.4. The molecule has 0 fully saturated rings. The normalized spacial score (nSPS) is 12.7. The van der Waals surface area contributed by atoms with Gasteiger partial charge in [-0.15, -0.1) is 6.58 Å². The first-order valence-corrected chi connectivity index (χ1v) is 12.1. The fourth-order valence-corrected chi connectivity index (χ4v) is 3.96. The molecule has 3 aromatic carbocycles. The predicted molar refractivity (Wildman–Crippen MR) is 136 cm³/mol. The average molecular weight is 483 g/mol. The van der Waals surface area contributed by atoms with Gasteiger partial charge in [0.05, 0.1) is 13.2 Å². The SMILES string of the molecule is C=CC(CC)CCC(C)COc1ccc(-c2ccc(-c3ccc(OCC)c(F)c3F)cc2)cc1F. The van der Waals surface area contributed by atoms with E-state index in [0.29, 0.717) is 29.6 Å². The van der Waals surface area contributed by atoms with Crippen molar-refractivity contribution in [3.05, 3.63) is 84.7 Å². The predicted octanol–water partition coefficient (Wildman–Crippen LogP) is 8.84. The van der Waals surface area contributed by atoms with E-state index in [1.807, 2.05) is 6.08 Å². The van der Waals surface area contributed by atoms with Gasteiger partial charge in [-0.1, -0.05) is 50.3 Å². The Kier molecular flexibility index (Phi) is 9.41. The van der Waals surface area contributed by atoms with Gasteiger partial charge in [-0.3, -0.25) is 0 Å². The minimum absolute atomic E-state index is 0.112. The van der Waals surface area contributed by atoms with Crippen molar-refractivity contribution in [2.45, 2.75) is 40.0 Å². The number of rotatable bonds is 12. The quantitative estimate of drug-likeness (QED) is 0.240. The summed E-state index contributed by atoms with van der Waals surface area (Å²) >= 11 is 0. The second-order valence-corrected chi connectivity index (χ2v) is 8.79. The summed E-state index contributed by atoms with van der Waals surface area (Å²) in [5.41, 5.74) is 2.09. The van der Waals surface area contributed by atoms with Crippen LogP contribution in [0, 0.1) is 29.3 Å². The minimum atomic E-state index is -1.01. The summed E-state index contributed by atoms with van der Waals surface area (Å²) < 4.78 is 54.3. The molecular weight excluding hydrogens is 449 g/mol. The van der Waals surface area contributed by atoms with Crippen molar-refractivity contribution >= 4 is 0 Å². The van der Waals surface area contributed by atoms with E-state index in [-0.39, 0.29) is 23.7 Å². The molecule has 0 amide bonds. The highest BCUT2D eigenvalue weighted by atomic mass is 19.2. The lowest BCUT2D eigenvalue weighted by Gasteiger charge is -2.16. The molecule has 0 heterocycles. The number of allylic oxidation sites excluding steroid dienone is 1. The zero-order valence-electron chi connectivity index (χ0n) is 20.6. The Morgan fingerprint density at radius 2 is 1.46 bits per heavy atom. The second kappa shape index (κ2) is 12.5. The molecule has 3 aromatic rings. The van der Waals surface area contributed by atoms with Crippen LogP contribution in [0.3, 0.4) is 0 Å². The fraction of sp³-hybridized carbons (Fsp3) is 0.333. The summed E-state index contributed by atoms with van der Waals surface area (Å²) in [6.45, 7) is 10.5. The Labute approximate surface area is 206 Å². The van der Waals surface area contributed by atoms with Crippen molar-refractivity contribution in [2.24, 2.45) is 11.8 Å². The topological polar surface area (TPSA) is 18.5 Å². The van der Waals surface area contributed by atoms with E-state index in [2.05, 4.69) is 20.4 Å². The first kappa shape index (κ1) is 26.4. The van der Waals surface area contributed by atoms with Crippen LogP contribution < -0.4 is 9.47 Å². The van der Waals surface area contributed by atoms with E-state index < -0.39 is 17.5 Å². The van der Waals surface area contributed by atoms with Gasteiger partial charge in [0, 0.05) is 5.56 Å². The highest BCUT2D eigenvalue weighted by molar-refractivity contribution is 5.71. The summed E-state index contributed by atoms with van der Waals surface area (Å²) in [7, 11) is 0. The number of hydrogen-bond donors (Lipinski definition) is 0. The molecule has 0 saturated heterocycles. The average Bonchev–Trinajstić information content (AvgIpc) is 2.87. The highest BCUT2D eigenvalue weighted by Gasteiger charge is 2.16. The van der Waals surface area contributed by atoms with Gasteiger partial charge in [0.25, 0.3) is 0 Å². The van der Waals surface area contributed by atoms with Crippen LogP contribution in [0.4, 0.5) is 13.2 Å². The molecule has 0 aromatic heterocycles. The monoisotopic (exact) mass is 482 g/mol. The molecule has 3 rings (SSSR count). The molecule has 0 bridgehead atoms. The summed E-state index contributed by atoms with van der Waals surface area (Å²) in [4.78, 5) is 0. The van der Waals surface area contributed by atoms with E-state index in [1.165, 1.54) is 18.2 Å². The third-order valence-electron chi connectivity index (χ3n) is 6.22. The van der Waals surface area contributed by atoms with Crippen LogP contribution in [0.5, 0.6) is 11.5 Å². The van der Waals surface area contributed by atoms with Crippen molar-refractivity contribution in [1.82, 2.24) is 0 Å². The van der Waals surface area contributed by atoms with Crippen molar-refractivity contribution in [3.63, 3.8) is 0 Å². The van der Waals surface area contributed by atoms with E-state index >= 15 is 0 Å². The van der Waals surface area contributed by atoms with Gasteiger partial charge in [0.1, 0.15) is 0 Å². The number of ether oxygens (including phenoxy) is 2. The highest BCUT2D eigenvalue weighted by Crippen LogP contribution is 2.32. The van der Waals surface area contributed by atoms with Crippen molar-refractivity contribution in [3.8, 4) is 33.8 Å². The number of halogens is 3. The van der Waals surface area contributed by atoms with Crippen LogP contribution in [-0.4, -0.2) is 13.2 Å². The Morgan fingerprint density at radius 1 is 0.800 bits per heavy atom. The van der Waals surface area contributed by atoms with Crippen LogP contribution in [0.25, 0.3) is 22.3 Å². The zero-order valence-corrected chi connectivity index (χ0v) is 20.6. The summed E-state index contributed by atoms with van der Waals surface area (Å²) in [6, 6.07) is 14.6. The van der Waals surface area contributed by atoms with Crippen molar-refractivity contribution < 1.29 is 22.6 Å². The Bertz CT molecular complexity index is 1130. The lowest BCUT2D eigenvalue weighted by Crippen LogP contribution is -2.11. The largest absolute Gasteiger partial charge is 0.491 e. The van der Waals surface area contributed by atoms with Gasteiger partial charge in [-0.05, 0) is 79.0 Å². The standard InChI is InChI=1S/C30H33F3O2/c1-5-21(6-2)9-8-20(4)19-35-27-16-14-24(18-26(27)31)22-10-12-23(13-11-22)25-15-17-28(34-7-3)30(33)29(25)32/h5,10-18,20-21H,1,6-9,19H2,2-4H3. The Hall–Kier alpha value is -3.21. The molecule has 5 heteroatoms. The van der Waals surface area contributed by atoms with E-state index in [4.69, 9.17) is 9.47 Å². The van der Waals surface area contributed by atoms with Gasteiger partial charge in [-0.2, -0.15) is 4.39 Å². The minimum Gasteiger partial charge on any atom is -0.491 e. The summed E-state index contributed by atoms with van der Waals surface area (Å²) in [5, 5.41) is 0. The summed E-state index contributed by atoms with van der Waals surface area (Å²) in [6.07, 6.45) is 5.11. The molecule has 0 aliphatic carbocycles. The Morgan fingerprint density at radius 3 is 2.09 bits per heavy atom. The van der Waals surface area contributed by atoms with Crippen LogP contribution in [-0.2, 0) is 0 Å². The molecule has 0 saturated carbocycles. The van der Waals surface area contributed by atoms with Crippen LogP contribution in [0.1, 0.15) is 40.0 Å². The molecule has 35 heavy (non-hydrogen) atoms. The number of hydrogen-bond acceptors (Lipinski definition) is 2. The molecule has 0 aliphatic rings. The third kappa shape index (κ3) is 6.68. The van der Waals surface area contributed by atoms with E-state index in [0.717, 1.165) is 24.8 Å². The molecule has 2 nitrogen and oxygen atoms in total. The van der Waals surface area contributed by atoms with Gasteiger partial charge < -0.3 is 9.47 Å². The van der Waals surface area contributed by atoms with Gasteiger partial charge in [-0.25, -0.2) is 8.78 Å². The molecule has 0 aliphatic heterocycles. The molecule has 0 radical (unpaired) electrons. The first-order chi connectivity index (χ1) is 16.9. The van der Waals surface area contributed by atoms with E-state index in [1.54, 1.807) is 43.3 Å². The maximum Gasteiger partial charge on any atom is 0.201 e. The molecular formula is C30H33F3O2. The van der Waals surface area contributed by atoms with E-state index in [9.17, 15) is 13.2 Å². The van der Waals surface area contributed by atoms with Crippen LogP contribution >= 0.6 is 0 Å². The van der Waals surface area contributed by atoms with Crippen molar-refractivity contribution in [2.75, 3.05) is 13.2 Å². The Balaban J connectivity index is 1.67. The lowest BCUT2D eigenvalue weighted by atomic mass is 9.95. The van der Waals surface area contributed by atoms with Gasteiger partial charge in [0.2, 0.25) is 5.82 Å². The molecule has 0 spiro atoms. The fourth-order valence-electron chi connectivity index (χ4n) is 3.96.